The third-order valence-corrected chi connectivity index (χ3v) is 4.69. The van der Waals surface area contributed by atoms with E-state index in [1.54, 1.807) is 42.5 Å². The molecule has 0 aliphatic heterocycles. The molecule has 4 aromatic rings. The summed E-state index contributed by atoms with van der Waals surface area (Å²) in [6, 6.07) is 20.0. The summed E-state index contributed by atoms with van der Waals surface area (Å²) < 4.78 is 6.47. The van der Waals surface area contributed by atoms with Gasteiger partial charge >= 0.3 is 0 Å². The topological polar surface area (TPSA) is 55.1 Å². The third kappa shape index (κ3) is 3.36. The average Bonchev–Trinajstić information content (AvgIpc) is 3.05. The largest absolute Gasteiger partial charge is 0.355 e. The zero-order chi connectivity index (χ0) is 18.1. The molecule has 0 bridgehead atoms. The van der Waals surface area contributed by atoms with Crippen LogP contribution in [0.15, 0.2) is 75.7 Å². The molecule has 26 heavy (non-hydrogen) atoms. The Hall–Kier alpha value is -2.63. The first-order valence-electron chi connectivity index (χ1n) is 7.82. The molecule has 3 aromatic carbocycles. The summed E-state index contributed by atoms with van der Waals surface area (Å²) in [6.07, 6.45) is 0. The Labute approximate surface area is 162 Å². The first-order chi connectivity index (χ1) is 12.6. The molecule has 1 aromatic heterocycles. The summed E-state index contributed by atoms with van der Waals surface area (Å²) in [6.45, 7) is 0. The van der Waals surface area contributed by atoms with Crippen molar-refractivity contribution in [1.29, 1.82) is 0 Å². The lowest BCUT2D eigenvalue weighted by atomic mass is 10.1. The van der Waals surface area contributed by atoms with Gasteiger partial charge in [-0.2, -0.15) is 0 Å². The van der Waals surface area contributed by atoms with Crippen molar-refractivity contribution >= 4 is 50.0 Å². The summed E-state index contributed by atoms with van der Waals surface area (Å²) in [5.41, 5.74) is 2.74. The predicted octanol–water partition coefficient (Wildman–Crippen LogP) is 6.16. The van der Waals surface area contributed by atoms with Crippen molar-refractivity contribution in [2.24, 2.45) is 0 Å². The Morgan fingerprint density at radius 1 is 1.04 bits per heavy atom. The predicted molar refractivity (Wildman–Crippen MR) is 107 cm³/mol. The highest BCUT2D eigenvalue weighted by Gasteiger charge is 2.14. The van der Waals surface area contributed by atoms with Crippen LogP contribution in [-0.2, 0) is 0 Å². The van der Waals surface area contributed by atoms with Crippen molar-refractivity contribution in [3.05, 3.63) is 81.8 Å². The number of halogens is 2. The van der Waals surface area contributed by atoms with E-state index >= 15 is 0 Å². The number of benzene rings is 3. The van der Waals surface area contributed by atoms with Crippen LogP contribution in [0.25, 0.3) is 22.2 Å². The van der Waals surface area contributed by atoms with E-state index in [2.05, 4.69) is 26.4 Å². The van der Waals surface area contributed by atoms with E-state index in [0.29, 0.717) is 27.6 Å². The van der Waals surface area contributed by atoms with Gasteiger partial charge in [-0.3, -0.25) is 4.79 Å². The van der Waals surface area contributed by atoms with E-state index < -0.39 is 0 Å². The first-order valence-corrected chi connectivity index (χ1v) is 8.99. The number of hydrogen-bond acceptors (Lipinski definition) is 3. The van der Waals surface area contributed by atoms with Gasteiger partial charge in [-0.05, 0) is 60.7 Å². The lowest BCUT2D eigenvalue weighted by molar-refractivity contribution is 0.102. The summed E-state index contributed by atoms with van der Waals surface area (Å²) in [4.78, 5) is 12.6. The first kappa shape index (κ1) is 16.8. The highest BCUT2D eigenvalue weighted by Crippen LogP contribution is 2.30. The van der Waals surface area contributed by atoms with Crippen LogP contribution in [0.3, 0.4) is 0 Å². The smallest absolute Gasteiger partial charge is 0.255 e. The minimum absolute atomic E-state index is 0.225. The lowest BCUT2D eigenvalue weighted by Crippen LogP contribution is -2.11. The average molecular weight is 428 g/mol. The number of nitrogens with zero attached hydrogens (tertiary/aromatic N) is 1. The molecule has 4 rings (SSSR count). The zero-order valence-corrected chi connectivity index (χ0v) is 15.7. The Morgan fingerprint density at radius 2 is 1.85 bits per heavy atom. The molecule has 0 aliphatic rings. The second-order valence-corrected chi connectivity index (χ2v) is 7.07. The minimum Gasteiger partial charge on any atom is -0.355 e. The molecule has 0 aliphatic carbocycles. The number of carbonyl (C=O) groups excluding carboxylic acids is 1. The van der Waals surface area contributed by atoms with Crippen LogP contribution in [0, 0.1) is 0 Å². The molecule has 0 spiro atoms. The van der Waals surface area contributed by atoms with Gasteiger partial charge in [0.05, 0.1) is 5.39 Å². The molecule has 0 unspecified atom stereocenters. The van der Waals surface area contributed by atoms with E-state index in [-0.39, 0.29) is 5.91 Å². The number of amides is 1. The molecular formula is C20H12BrClN2O2. The van der Waals surface area contributed by atoms with Crippen LogP contribution in [0.5, 0.6) is 0 Å². The molecule has 0 fully saturated rings. The Balaban J connectivity index is 1.69. The Kier molecular flexibility index (Phi) is 4.49. The van der Waals surface area contributed by atoms with Crippen LogP contribution in [0.2, 0.25) is 5.02 Å². The van der Waals surface area contributed by atoms with E-state index in [4.69, 9.17) is 16.1 Å². The molecule has 0 saturated carbocycles. The monoisotopic (exact) mass is 426 g/mol. The van der Waals surface area contributed by atoms with Gasteiger partial charge in [-0.1, -0.05) is 38.8 Å². The highest BCUT2D eigenvalue weighted by molar-refractivity contribution is 9.10. The van der Waals surface area contributed by atoms with E-state index in [1.165, 1.54) is 0 Å². The van der Waals surface area contributed by atoms with Gasteiger partial charge in [-0.25, -0.2) is 0 Å². The van der Waals surface area contributed by atoms with Crippen LogP contribution < -0.4 is 5.32 Å². The number of rotatable bonds is 3. The minimum atomic E-state index is -0.225. The summed E-state index contributed by atoms with van der Waals surface area (Å²) >= 11 is 9.38. The molecule has 0 atom stereocenters. The molecule has 0 saturated heterocycles. The van der Waals surface area contributed by atoms with Crippen molar-refractivity contribution < 1.29 is 9.32 Å². The molecule has 4 nitrogen and oxygen atoms in total. The number of anilines is 1. The molecule has 128 valence electrons. The second kappa shape index (κ2) is 6.94. The maximum Gasteiger partial charge on any atom is 0.255 e. The van der Waals surface area contributed by atoms with Gasteiger partial charge in [-0.15, -0.1) is 0 Å². The molecule has 1 N–H and O–H groups in total. The number of carbonyl (C=O) groups is 1. The quantitative estimate of drug-likeness (QED) is 0.426. The fourth-order valence-electron chi connectivity index (χ4n) is 2.66. The summed E-state index contributed by atoms with van der Waals surface area (Å²) in [7, 11) is 0. The van der Waals surface area contributed by atoms with Crippen molar-refractivity contribution in [3.8, 4) is 11.3 Å². The molecule has 1 heterocycles. The zero-order valence-electron chi connectivity index (χ0n) is 13.4. The SMILES string of the molecule is O=C(Nc1cccc(Cl)c1)c1ccc2noc(-c3ccc(Br)cc3)c2c1. The van der Waals surface area contributed by atoms with Crippen LogP contribution in [0.1, 0.15) is 10.4 Å². The standard InChI is InChI=1S/C20H12BrClN2O2/c21-14-7-4-12(5-8-14)19-17-10-13(6-9-18(17)24-26-19)20(25)23-16-3-1-2-15(22)11-16/h1-11H,(H,23,25). The molecule has 6 heteroatoms. The maximum absolute atomic E-state index is 12.6. The molecule has 1 amide bonds. The van der Waals surface area contributed by atoms with Crippen molar-refractivity contribution in [2.75, 3.05) is 5.32 Å². The molecular weight excluding hydrogens is 416 g/mol. The van der Waals surface area contributed by atoms with Gasteiger partial charge in [0.1, 0.15) is 5.52 Å². The summed E-state index contributed by atoms with van der Waals surface area (Å²) in [5, 5.41) is 8.27. The lowest BCUT2D eigenvalue weighted by Gasteiger charge is -2.06. The number of fused-ring (bicyclic) bond motifs is 1. The van der Waals surface area contributed by atoms with E-state index in [0.717, 1.165) is 15.4 Å². The molecule has 0 radical (unpaired) electrons. The number of hydrogen-bond donors (Lipinski definition) is 1. The second-order valence-electron chi connectivity index (χ2n) is 5.71. The van der Waals surface area contributed by atoms with Crippen molar-refractivity contribution in [3.63, 3.8) is 0 Å². The number of nitrogens with one attached hydrogen (secondary N) is 1. The third-order valence-electron chi connectivity index (χ3n) is 3.93. The van der Waals surface area contributed by atoms with Gasteiger partial charge in [0.15, 0.2) is 5.76 Å². The van der Waals surface area contributed by atoms with Crippen LogP contribution in [0.4, 0.5) is 5.69 Å². The fraction of sp³-hybridized carbons (Fsp3) is 0. The maximum atomic E-state index is 12.6. The van der Waals surface area contributed by atoms with Gasteiger partial charge in [0.25, 0.3) is 5.91 Å². The van der Waals surface area contributed by atoms with Gasteiger partial charge in [0.2, 0.25) is 0 Å². The van der Waals surface area contributed by atoms with Crippen molar-refractivity contribution in [2.45, 2.75) is 0 Å². The normalized spacial score (nSPS) is 10.8. The number of aromatic nitrogens is 1. The fourth-order valence-corrected chi connectivity index (χ4v) is 3.12. The van der Waals surface area contributed by atoms with Gasteiger partial charge < -0.3 is 9.84 Å². The van der Waals surface area contributed by atoms with E-state index in [9.17, 15) is 4.79 Å². The summed E-state index contributed by atoms with van der Waals surface area (Å²) in [5.74, 6) is 0.405. The van der Waals surface area contributed by atoms with Crippen molar-refractivity contribution in [1.82, 2.24) is 5.16 Å². The Bertz CT molecular complexity index is 1110. The highest BCUT2D eigenvalue weighted by atomic mass is 79.9. The Morgan fingerprint density at radius 3 is 2.62 bits per heavy atom. The van der Waals surface area contributed by atoms with Gasteiger partial charge in [0, 0.05) is 26.3 Å². The van der Waals surface area contributed by atoms with E-state index in [1.807, 2.05) is 24.3 Å². The van der Waals surface area contributed by atoms with Crippen LogP contribution >= 0.6 is 27.5 Å². The van der Waals surface area contributed by atoms with Crippen LogP contribution in [-0.4, -0.2) is 11.1 Å².